The van der Waals surface area contributed by atoms with Crippen molar-refractivity contribution < 1.29 is 0 Å². The summed E-state index contributed by atoms with van der Waals surface area (Å²) in [6.45, 7) is 0. The van der Waals surface area contributed by atoms with Crippen LogP contribution in [0.15, 0.2) is 24.4 Å². The molecule has 0 spiro atoms. The minimum absolute atomic E-state index is 0.628. The van der Waals surface area contributed by atoms with E-state index >= 15 is 0 Å². The predicted molar refractivity (Wildman–Crippen MR) is 67.4 cm³/mol. The van der Waals surface area contributed by atoms with Crippen molar-refractivity contribution >= 4 is 17.6 Å². The quantitative estimate of drug-likeness (QED) is 0.850. The molecule has 1 aliphatic rings. The van der Waals surface area contributed by atoms with Gasteiger partial charge in [0, 0.05) is 17.5 Å². The monoisotopic (exact) mass is 222 g/mol. The molecule has 1 aromatic heterocycles. The first-order chi connectivity index (χ1) is 7.38. The first-order valence-corrected chi connectivity index (χ1v) is 6.87. The first-order valence-electron chi connectivity index (χ1n) is 5.59. The Kier molecular flexibility index (Phi) is 3.89. The van der Waals surface area contributed by atoms with E-state index in [4.69, 9.17) is 0 Å². The molecule has 0 aliphatic heterocycles. The van der Waals surface area contributed by atoms with E-state index in [1.54, 1.807) is 0 Å². The second kappa shape index (κ2) is 5.40. The van der Waals surface area contributed by atoms with Crippen LogP contribution in [0.4, 0.5) is 5.82 Å². The summed E-state index contributed by atoms with van der Waals surface area (Å²) in [6, 6.07) is 6.66. The van der Waals surface area contributed by atoms with Gasteiger partial charge in [0.2, 0.25) is 0 Å². The molecule has 0 saturated heterocycles. The number of nitrogens with zero attached hydrogens (tertiary/aromatic N) is 1. The molecule has 1 aliphatic carbocycles. The van der Waals surface area contributed by atoms with Crippen LogP contribution in [0.25, 0.3) is 0 Å². The Hall–Kier alpha value is -0.700. The van der Waals surface area contributed by atoms with Gasteiger partial charge in [-0.25, -0.2) is 4.98 Å². The highest BCUT2D eigenvalue weighted by Crippen LogP contribution is 2.28. The average molecular weight is 222 g/mol. The van der Waals surface area contributed by atoms with Crippen molar-refractivity contribution in [3.8, 4) is 0 Å². The van der Waals surface area contributed by atoms with Crippen molar-refractivity contribution in [2.45, 2.75) is 37.0 Å². The molecule has 1 fully saturated rings. The molecule has 0 amide bonds. The van der Waals surface area contributed by atoms with Crippen molar-refractivity contribution in [2.24, 2.45) is 0 Å². The van der Waals surface area contributed by atoms with Crippen molar-refractivity contribution in [1.82, 2.24) is 4.98 Å². The summed E-state index contributed by atoms with van der Waals surface area (Å²) in [4.78, 5) is 4.30. The third-order valence-corrected chi connectivity index (χ3v) is 4.16. The van der Waals surface area contributed by atoms with E-state index in [1.165, 1.54) is 25.7 Å². The molecule has 15 heavy (non-hydrogen) atoms. The number of nitrogens with one attached hydrogen (secondary N) is 1. The molecule has 0 radical (unpaired) electrons. The van der Waals surface area contributed by atoms with E-state index in [0.29, 0.717) is 6.04 Å². The normalized spacial score (nSPS) is 26.2. The minimum Gasteiger partial charge on any atom is -0.367 e. The predicted octanol–water partition coefficient (Wildman–Crippen LogP) is 3.17. The number of aromatic nitrogens is 1. The first kappa shape index (κ1) is 10.8. The second-order valence-corrected chi connectivity index (χ2v) is 5.21. The maximum absolute atomic E-state index is 4.30. The molecule has 0 unspecified atom stereocenters. The van der Waals surface area contributed by atoms with Gasteiger partial charge in [-0.1, -0.05) is 6.07 Å². The molecule has 2 nitrogen and oxygen atoms in total. The molecular formula is C12H18N2S. The molecule has 2 rings (SSSR count). The van der Waals surface area contributed by atoms with Crippen molar-refractivity contribution in [3.05, 3.63) is 24.4 Å². The molecule has 1 heterocycles. The lowest BCUT2D eigenvalue weighted by atomic mass is 9.95. The third kappa shape index (κ3) is 3.13. The highest BCUT2D eigenvalue weighted by atomic mass is 32.2. The molecular weight excluding hydrogens is 204 g/mol. The fraction of sp³-hybridized carbons (Fsp3) is 0.583. The van der Waals surface area contributed by atoms with Gasteiger partial charge in [-0.15, -0.1) is 0 Å². The Morgan fingerprint density at radius 3 is 2.67 bits per heavy atom. The van der Waals surface area contributed by atoms with E-state index in [9.17, 15) is 0 Å². The topological polar surface area (TPSA) is 24.9 Å². The Bertz CT molecular complexity index is 281. The summed E-state index contributed by atoms with van der Waals surface area (Å²) in [7, 11) is 0. The van der Waals surface area contributed by atoms with Gasteiger partial charge in [-0.2, -0.15) is 11.8 Å². The van der Waals surface area contributed by atoms with Crippen LogP contribution in [0, 0.1) is 0 Å². The van der Waals surface area contributed by atoms with Crippen molar-refractivity contribution in [3.63, 3.8) is 0 Å². The van der Waals surface area contributed by atoms with E-state index in [-0.39, 0.29) is 0 Å². The van der Waals surface area contributed by atoms with E-state index in [2.05, 4.69) is 16.6 Å². The fourth-order valence-electron chi connectivity index (χ4n) is 2.10. The van der Waals surface area contributed by atoms with E-state index in [0.717, 1.165) is 11.1 Å². The lowest BCUT2D eigenvalue weighted by molar-refractivity contribution is 0.472. The maximum atomic E-state index is 4.30. The zero-order valence-electron chi connectivity index (χ0n) is 9.15. The van der Waals surface area contributed by atoms with Crippen LogP contribution in [0.1, 0.15) is 25.7 Å². The zero-order valence-corrected chi connectivity index (χ0v) is 9.96. The molecule has 0 aromatic carbocycles. The van der Waals surface area contributed by atoms with Crippen molar-refractivity contribution in [2.75, 3.05) is 11.6 Å². The van der Waals surface area contributed by atoms with Gasteiger partial charge >= 0.3 is 0 Å². The summed E-state index contributed by atoms with van der Waals surface area (Å²) in [5.74, 6) is 1.02. The molecule has 0 atom stereocenters. The lowest BCUT2D eigenvalue weighted by Gasteiger charge is -2.28. The Morgan fingerprint density at radius 2 is 2.07 bits per heavy atom. The lowest BCUT2D eigenvalue weighted by Crippen LogP contribution is -2.27. The number of hydrogen-bond donors (Lipinski definition) is 1. The third-order valence-electron chi connectivity index (χ3n) is 3.02. The summed E-state index contributed by atoms with van der Waals surface area (Å²) >= 11 is 2.01. The fourth-order valence-corrected chi connectivity index (χ4v) is 2.84. The van der Waals surface area contributed by atoms with Gasteiger partial charge < -0.3 is 5.32 Å². The molecule has 1 aromatic rings. The van der Waals surface area contributed by atoms with Crippen LogP contribution < -0.4 is 5.32 Å². The smallest absolute Gasteiger partial charge is 0.126 e. The number of pyridine rings is 1. The summed E-state index contributed by atoms with van der Waals surface area (Å²) in [6.07, 6.45) is 9.30. The van der Waals surface area contributed by atoms with Crippen LogP contribution >= 0.6 is 11.8 Å². The molecule has 82 valence electrons. The highest BCUT2D eigenvalue weighted by Gasteiger charge is 2.20. The molecule has 3 heteroatoms. The summed E-state index contributed by atoms with van der Waals surface area (Å²) < 4.78 is 0. The van der Waals surface area contributed by atoms with Gasteiger partial charge in [0.1, 0.15) is 5.82 Å². The summed E-state index contributed by atoms with van der Waals surface area (Å²) in [5.41, 5.74) is 0. The Labute approximate surface area is 95.9 Å². The Balaban J connectivity index is 1.82. The van der Waals surface area contributed by atoms with Crippen molar-refractivity contribution in [1.29, 1.82) is 0 Å². The summed E-state index contributed by atoms with van der Waals surface area (Å²) in [5, 5.41) is 4.39. The molecule has 1 saturated carbocycles. The average Bonchev–Trinajstić information content (AvgIpc) is 2.31. The number of thioether (sulfide) groups is 1. The second-order valence-electron chi connectivity index (χ2n) is 4.07. The van der Waals surface area contributed by atoms with Gasteiger partial charge in [-0.05, 0) is 44.1 Å². The van der Waals surface area contributed by atoms with Crippen LogP contribution in [0.2, 0.25) is 0 Å². The van der Waals surface area contributed by atoms with Gasteiger partial charge in [-0.3, -0.25) is 0 Å². The van der Waals surface area contributed by atoms with Crippen LogP contribution in [0.5, 0.6) is 0 Å². The highest BCUT2D eigenvalue weighted by molar-refractivity contribution is 7.99. The van der Waals surface area contributed by atoms with Gasteiger partial charge in [0.25, 0.3) is 0 Å². The van der Waals surface area contributed by atoms with Crippen LogP contribution in [-0.4, -0.2) is 22.5 Å². The van der Waals surface area contributed by atoms with Gasteiger partial charge in [0.15, 0.2) is 0 Å². The standard InChI is InChI=1S/C12H18N2S/c1-15-11-7-5-10(6-8-11)14-12-4-2-3-9-13-12/h2-4,9-11H,5-8H2,1H3,(H,13,14). The molecule has 0 bridgehead atoms. The number of anilines is 1. The van der Waals surface area contributed by atoms with Crippen LogP contribution in [0.3, 0.4) is 0 Å². The number of rotatable bonds is 3. The number of hydrogen-bond acceptors (Lipinski definition) is 3. The maximum Gasteiger partial charge on any atom is 0.126 e. The SMILES string of the molecule is CSC1CCC(Nc2ccccn2)CC1. The minimum atomic E-state index is 0.628. The van der Waals surface area contributed by atoms with E-state index in [1.807, 2.05) is 36.2 Å². The van der Waals surface area contributed by atoms with E-state index < -0.39 is 0 Å². The zero-order chi connectivity index (χ0) is 10.5. The largest absolute Gasteiger partial charge is 0.367 e. The van der Waals surface area contributed by atoms with Gasteiger partial charge in [0.05, 0.1) is 0 Å². The molecule has 1 N–H and O–H groups in total. The van der Waals surface area contributed by atoms with Crippen LogP contribution in [-0.2, 0) is 0 Å². The Morgan fingerprint density at radius 1 is 1.27 bits per heavy atom.